The van der Waals surface area contributed by atoms with E-state index in [1.807, 2.05) is 32.0 Å². The first kappa shape index (κ1) is 22.8. The molecule has 0 aliphatic carbocycles. The van der Waals surface area contributed by atoms with Crippen LogP contribution in [-0.2, 0) is 14.3 Å². The van der Waals surface area contributed by atoms with Gasteiger partial charge in [0.2, 0.25) is 0 Å². The molecule has 1 atom stereocenters. The van der Waals surface area contributed by atoms with Gasteiger partial charge >= 0.3 is 5.97 Å². The summed E-state index contributed by atoms with van der Waals surface area (Å²) in [5.41, 5.74) is 3.18. The Morgan fingerprint density at radius 1 is 0.933 bits per heavy atom. The Kier molecular flexibility index (Phi) is 7.86. The van der Waals surface area contributed by atoms with Crippen molar-refractivity contribution < 1.29 is 28.5 Å². The van der Waals surface area contributed by atoms with Crippen molar-refractivity contribution in [1.29, 1.82) is 0 Å². The number of hydrogen-bond acceptors (Lipinski definition) is 6. The van der Waals surface area contributed by atoms with Crippen LogP contribution in [0.5, 0.6) is 17.2 Å². The molecule has 1 N–H and O–H groups in total. The Hall–Kier alpha value is -3.48. The molecule has 160 valence electrons. The molecule has 2 aromatic rings. The number of carbonyl (C=O) groups excluding carboxylic acids is 2. The molecule has 1 amide bonds. The van der Waals surface area contributed by atoms with Crippen LogP contribution in [0.2, 0.25) is 0 Å². The molecular formula is C23H27NO6. The highest BCUT2D eigenvalue weighted by Gasteiger charge is 2.18. The van der Waals surface area contributed by atoms with Crippen LogP contribution >= 0.6 is 0 Å². The van der Waals surface area contributed by atoms with Crippen molar-refractivity contribution in [2.45, 2.75) is 26.9 Å². The molecule has 0 saturated carbocycles. The van der Waals surface area contributed by atoms with Gasteiger partial charge in [-0.15, -0.1) is 0 Å². The highest BCUT2D eigenvalue weighted by atomic mass is 16.5. The number of rotatable bonds is 8. The first-order valence-electron chi connectivity index (χ1n) is 9.36. The summed E-state index contributed by atoms with van der Waals surface area (Å²) < 4.78 is 21.1. The molecule has 0 aliphatic heterocycles. The molecule has 2 rings (SSSR count). The van der Waals surface area contributed by atoms with E-state index < -0.39 is 18.0 Å². The molecule has 7 nitrogen and oxygen atoms in total. The highest BCUT2D eigenvalue weighted by molar-refractivity contribution is 5.97. The summed E-state index contributed by atoms with van der Waals surface area (Å²) in [7, 11) is 4.55. The van der Waals surface area contributed by atoms with Crippen LogP contribution in [0, 0.1) is 13.8 Å². The lowest BCUT2D eigenvalue weighted by Gasteiger charge is -2.15. The molecule has 0 heterocycles. The van der Waals surface area contributed by atoms with Gasteiger partial charge in [0, 0.05) is 23.4 Å². The molecule has 0 aliphatic rings. The van der Waals surface area contributed by atoms with Gasteiger partial charge in [-0.2, -0.15) is 0 Å². The summed E-state index contributed by atoms with van der Waals surface area (Å²) >= 11 is 0. The van der Waals surface area contributed by atoms with Crippen molar-refractivity contribution in [3.63, 3.8) is 0 Å². The lowest BCUT2D eigenvalue weighted by Crippen LogP contribution is -2.30. The number of ether oxygens (including phenoxy) is 4. The van der Waals surface area contributed by atoms with Crippen molar-refractivity contribution in [3.05, 3.63) is 53.1 Å². The summed E-state index contributed by atoms with van der Waals surface area (Å²) in [4.78, 5) is 24.6. The number of hydrogen-bond donors (Lipinski definition) is 1. The molecule has 30 heavy (non-hydrogen) atoms. The number of benzene rings is 2. The normalized spacial score (nSPS) is 11.7. The summed E-state index contributed by atoms with van der Waals surface area (Å²) in [6.45, 7) is 5.32. The molecule has 0 bridgehead atoms. The van der Waals surface area contributed by atoms with Crippen molar-refractivity contribution in [2.24, 2.45) is 0 Å². The topological polar surface area (TPSA) is 83.1 Å². The zero-order valence-electron chi connectivity index (χ0n) is 18.1. The van der Waals surface area contributed by atoms with Crippen LogP contribution in [0.1, 0.15) is 23.6 Å². The molecule has 0 aromatic heterocycles. The van der Waals surface area contributed by atoms with Gasteiger partial charge in [-0.05, 0) is 44.0 Å². The monoisotopic (exact) mass is 413 g/mol. The number of nitrogens with one attached hydrogen (secondary N) is 1. The van der Waals surface area contributed by atoms with Crippen molar-refractivity contribution in [1.82, 2.24) is 0 Å². The van der Waals surface area contributed by atoms with E-state index in [2.05, 4.69) is 5.32 Å². The highest BCUT2D eigenvalue weighted by Crippen LogP contribution is 2.35. The Morgan fingerprint density at radius 3 is 2.07 bits per heavy atom. The van der Waals surface area contributed by atoms with Gasteiger partial charge in [0.15, 0.2) is 17.6 Å². The molecule has 0 spiro atoms. The smallest absolute Gasteiger partial charge is 0.331 e. The Bertz CT molecular complexity index is 931. The van der Waals surface area contributed by atoms with E-state index in [9.17, 15) is 9.59 Å². The second-order valence-electron chi connectivity index (χ2n) is 6.62. The fourth-order valence-electron chi connectivity index (χ4n) is 2.84. The number of amides is 1. The minimum atomic E-state index is -0.964. The Labute approximate surface area is 176 Å². The predicted molar refractivity (Wildman–Crippen MR) is 115 cm³/mol. The number of methoxy groups -OCH3 is 3. The van der Waals surface area contributed by atoms with Gasteiger partial charge < -0.3 is 24.3 Å². The van der Waals surface area contributed by atoms with Gasteiger partial charge in [-0.3, -0.25) is 4.79 Å². The summed E-state index contributed by atoms with van der Waals surface area (Å²) in [5.74, 6) is 0.435. The lowest BCUT2D eigenvalue weighted by molar-refractivity contribution is -0.148. The van der Waals surface area contributed by atoms with Crippen molar-refractivity contribution >= 4 is 23.6 Å². The fourth-order valence-corrected chi connectivity index (χ4v) is 2.84. The standard InChI is InChI=1S/C23H27NO6/c1-14-8-7-9-15(2)22(14)24-23(26)16(3)30-21(25)11-10-17-12-19(28-5)20(29-6)13-18(17)27-4/h7-13,16H,1-6H3,(H,24,26)/b11-10+/t16-/m1/s1. The van der Waals surface area contributed by atoms with Gasteiger partial charge in [0.1, 0.15) is 5.75 Å². The quantitative estimate of drug-likeness (QED) is 0.522. The summed E-state index contributed by atoms with van der Waals surface area (Å²) in [5, 5.41) is 2.81. The van der Waals surface area contributed by atoms with Crippen LogP contribution < -0.4 is 19.5 Å². The molecular weight excluding hydrogens is 386 g/mol. The zero-order chi connectivity index (χ0) is 22.3. The third-order valence-corrected chi connectivity index (χ3v) is 4.53. The van der Waals surface area contributed by atoms with Crippen LogP contribution in [0.3, 0.4) is 0 Å². The summed E-state index contributed by atoms with van der Waals surface area (Å²) in [6, 6.07) is 9.05. The van der Waals surface area contributed by atoms with E-state index in [-0.39, 0.29) is 0 Å². The molecule has 7 heteroatoms. The van der Waals surface area contributed by atoms with Crippen molar-refractivity contribution in [2.75, 3.05) is 26.6 Å². The van der Waals surface area contributed by atoms with Crippen LogP contribution in [0.4, 0.5) is 5.69 Å². The largest absolute Gasteiger partial charge is 0.496 e. The molecule has 0 fully saturated rings. The average molecular weight is 413 g/mol. The van der Waals surface area contributed by atoms with E-state index in [1.54, 1.807) is 12.1 Å². The second-order valence-corrected chi connectivity index (χ2v) is 6.62. The van der Waals surface area contributed by atoms with Gasteiger partial charge in [0.05, 0.1) is 21.3 Å². The van der Waals surface area contributed by atoms with Crippen molar-refractivity contribution in [3.8, 4) is 17.2 Å². The number of para-hydroxylation sites is 1. The number of aryl methyl sites for hydroxylation is 2. The van der Waals surface area contributed by atoms with E-state index >= 15 is 0 Å². The number of anilines is 1. The van der Waals surface area contributed by atoms with Gasteiger partial charge in [-0.1, -0.05) is 18.2 Å². The van der Waals surface area contributed by atoms with Crippen LogP contribution in [0.25, 0.3) is 6.08 Å². The first-order valence-corrected chi connectivity index (χ1v) is 9.36. The van der Waals surface area contributed by atoms with Gasteiger partial charge in [0.25, 0.3) is 5.91 Å². The molecule has 0 radical (unpaired) electrons. The maximum absolute atomic E-state index is 12.4. The third-order valence-electron chi connectivity index (χ3n) is 4.53. The SMILES string of the molecule is COc1cc(OC)c(OC)cc1/C=C/C(=O)O[C@H](C)C(=O)Nc1c(C)cccc1C. The van der Waals surface area contributed by atoms with E-state index in [1.165, 1.54) is 40.4 Å². The molecule has 0 saturated heterocycles. The average Bonchev–Trinajstić information content (AvgIpc) is 2.73. The van der Waals surface area contributed by atoms with E-state index in [0.29, 0.717) is 22.8 Å². The first-order chi connectivity index (χ1) is 14.3. The molecule has 2 aromatic carbocycles. The van der Waals surface area contributed by atoms with E-state index in [4.69, 9.17) is 18.9 Å². The summed E-state index contributed by atoms with van der Waals surface area (Å²) in [6.07, 6.45) is 1.79. The number of esters is 1. The minimum Gasteiger partial charge on any atom is -0.496 e. The predicted octanol–water partition coefficient (Wildman–Crippen LogP) is 3.91. The second kappa shape index (κ2) is 10.3. The Morgan fingerprint density at radius 2 is 1.50 bits per heavy atom. The Balaban J connectivity index is 2.07. The lowest BCUT2D eigenvalue weighted by atomic mass is 10.1. The maximum Gasteiger partial charge on any atom is 0.331 e. The maximum atomic E-state index is 12.4. The number of carbonyl (C=O) groups is 2. The van der Waals surface area contributed by atoms with E-state index in [0.717, 1.165) is 16.8 Å². The fraction of sp³-hybridized carbons (Fsp3) is 0.304. The zero-order valence-corrected chi connectivity index (χ0v) is 18.1. The molecule has 0 unspecified atom stereocenters. The van der Waals surface area contributed by atoms with Crippen LogP contribution in [-0.4, -0.2) is 39.3 Å². The van der Waals surface area contributed by atoms with Gasteiger partial charge in [-0.25, -0.2) is 4.79 Å². The third kappa shape index (κ3) is 5.53. The van der Waals surface area contributed by atoms with Crippen LogP contribution in [0.15, 0.2) is 36.4 Å². The minimum absolute atomic E-state index is 0.405.